The number of anilines is 2. The van der Waals surface area contributed by atoms with Gasteiger partial charge in [0.05, 0.1) is 11.9 Å². The summed E-state index contributed by atoms with van der Waals surface area (Å²) in [5.74, 6) is -0.397. The Bertz CT molecular complexity index is 682. The van der Waals surface area contributed by atoms with Gasteiger partial charge in [-0.3, -0.25) is 0 Å². The van der Waals surface area contributed by atoms with E-state index in [2.05, 4.69) is 25.2 Å². The Kier molecular flexibility index (Phi) is 3.84. The fraction of sp³-hybridized carbons (Fsp3) is 0.286. The van der Waals surface area contributed by atoms with Crippen LogP contribution in [-0.4, -0.2) is 52.2 Å². The quantitative estimate of drug-likeness (QED) is 0.737. The highest BCUT2D eigenvalue weighted by Crippen LogP contribution is 2.20. The SMILES string of the molecule is Nc1ncc(-c2ccc(N3CCNCC3)nc2)nc1C(=O)O. The van der Waals surface area contributed by atoms with Gasteiger partial charge in [0, 0.05) is 37.9 Å². The molecule has 0 aromatic carbocycles. The molecule has 0 unspecified atom stereocenters. The van der Waals surface area contributed by atoms with Crippen LogP contribution in [0.5, 0.6) is 0 Å². The predicted octanol–water partition coefficient (Wildman–Crippen LogP) is 0.229. The third-order valence-corrected chi connectivity index (χ3v) is 3.49. The van der Waals surface area contributed by atoms with Crippen molar-refractivity contribution in [3.8, 4) is 11.3 Å². The maximum absolute atomic E-state index is 11.1. The van der Waals surface area contributed by atoms with Gasteiger partial charge in [-0.15, -0.1) is 0 Å². The third-order valence-electron chi connectivity index (χ3n) is 3.49. The smallest absolute Gasteiger partial charge is 0.358 e. The standard InChI is InChI=1S/C14H16N6O2/c15-13-12(14(21)22)19-10(8-18-13)9-1-2-11(17-7-9)20-5-3-16-4-6-20/h1-2,7-8,16H,3-6H2,(H2,15,18)(H,21,22). The number of carbonyl (C=O) groups is 1. The zero-order valence-corrected chi connectivity index (χ0v) is 11.9. The van der Waals surface area contributed by atoms with Gasteiger partial charge in [0.2, 0.25) is 0 Å². The van der Waals surface area contributed by atoms with E-state index >= 15 is 0 Å². The molecule has 1 saturated heterocycles. The van der Waals surface area contributed by atoms with Crippen molar-refractivity contribution in [3.63, 3.8) is 0 Å². The Morgan fingerprint density at radius 2 is 2.00 bits per heavy atom. The molecule has 1 aliphatic rings. The lowest BCUT2D eigenvalue weighted by molar-refractivity contribution is 0.0691. The number of hydrogen-bond acceptors (Lipinski definition) is 7. The summed E-state index contributed by atoms with van der Waals surface area (Å²) in [5, 5.41) is 12.3. The largest absolute Gasteiger partial charge is 0.476 e. The minimum atomic E-state index is -1.20. The molecule has 3 rings (SSSR count). The number of aromatic nitrogens is 3. The van der Waals surface area contributed by atoms with Gasteiger partial charge in [0.1, 0.15) is 5.82 Å². The molecule has 8 nitrogen and oxygen atoms in total. The number of aromatic carboxylic acids is 1. The van der Waals surface area contributed by atoms with Gasteiger partial charge in [-0.1, -0.05) is 0 Å². The van der Waals surface area contributed by atoms with Crippen molar-refractivity contribution in [2.45, 2.75) is 0 Å². The first-order valence-electron chi connectivity index (χ1n) is 6.93. The summed E-state index contributed by atoms with van der Waals surface area (Å²) >= 11 is 0. The summed E-state index contributed by atoms with van der Waals surface area (Å²) in [6, 6.07) is 3.76. The van der Waals surface area contributed by atoms with Crippen molar-refractivity contribution in [1.29, 1.82) is 0 Å². The van der Waals surface area contributed by atoms with Crippen LogP contribution < -0.4 is 16.0 Å². The van der Waals surface area contributed by atoms with E-state index in [1.165, 1.54) is 6.20 Å². The van der Waals surface area contributed by atoms with Crippen LogP contribution in [0.1, 0.15) is 10.5 Å². The van der Waals surface area contributed by atoms with Crippen LogP contribution in [0.2, 0.25) is 0 Å². The van der Waals surface area contributed by atoms with E-state index in [0.29, 0.717) is 11.3 Å². The summed E-state index contributed by atoms with van der Waals surface area (Å²) in [4.78, 5) is 25.6. The number of rotatable bonds is 3. The highest BCUT2D eigenvalue weighted by atomic mass is 16.4. The Balaban J connectivity index is 1.86. The highest BCUT2D eigenvalue weighted by molar-refractivity contribution is 5.90. The van der Waals surface area contributed by atoms with Crippen LogP contribution in [0.25, 0.3) is 11.3 Å². The Labute approximate surface area is 127 Å². The van der Waals surface area contributed by atoms with Crippen LogP contribution in [-0.2, 0) is 0 Å². The molecule has 1 fully saturated rings. The summed E-state index contributed by atoms with van der Waals surface area (Å²) in [6.07, 6.45) is 3.12. The topological polar surface area (TPSA) is 117 Å². The minimum Gasteiger partial charge on any atom is -0.476 e. The van der Waals surface area contributed by atoms with Gasteiger partial charge < -0.3 is 21.1 Å². The van der Waals surface area contributed by atoms with E-state index in [-0.39, 0.29) is 11.5 Å². The molecule has 8 heteroatoms. The molecule has 0 aliphatic carbocycles. The third kappa shape index (κ3) is 2.82. The lowest BCUT2D eigenvalue weighted by atomic mass is 10.2. The molecule has 0 spiro atoms. The van der Waals surface area contributed by atoms with Gasteiger partial charge >= 0.3 is 5.97 Å². The van der Waals surface area contributed by atoms with Crippen molar-refractivity contribution < 1.29 is 9.90 Å². The number of hydrogen-bond donors (Lipinski definition) is 3. The molecule has 0 amide bonds. The molecule has 3 heterocycles. The molecule has 0 radical (unpaired) electrons. The van der Waals surface area contributed by atoms with Gasteiger partial charge in [-0.05, 0) is 12.1 Å². The first kappa shape index (κ1) is 14.2. The van der Waals surface area contributed by atoms with Crippen molar-refractivity contribution >= 4 is 17.6 Å². The van der Waals surface area contributed by atoms with Crippen LogP contribution in [0.15, 0.2) is 24.5 Å². The zero-order valence-electron chi connectivity index (χ0n) is 11.9. The fourth-order valence-electron chi connectivity index (χ4n) is 2.31. The molecule has 0 saturated carbocycles. The van der Waals surface area contributed by atoms with Crippen molar-refractivity contribution in [3.05, 3.63) is 30.2 Å². The second-order valence-electron chi connectivity index (χ2n) is 4.94. The number of nitrogens with zero attached hydrogens (tertiary/aromatic N) is 4. The van der Waals surface area contributed by atoms with Gasteiger partial charge in [0.15, 0.2) is 11.5 Å². The average molecular weight is 300 g/mol. The minimum absolute atomic E-state index is 0.0957. The number of pyridine rings is 1. The maximum atomic E-state index is 11.1. The van der Waals surface area contributed by atoms with E-state index < -0.39 is 5.97 Å². The molecular formula is C14H16N6O2. The van der Waals surface area contributed by atoms with Crippen LogP contribution >= 0.6 is 0 Å². The van der Waals surface area contributed by atoms with Crippen LogP contribution in [0.4, 0.5) is 11.6 Å². The summed E-state index contributed by atoms with van der Waals surface area (Å²) in [6.45, 7) is 3.71. The summed E-state index contributed by atoms with van der Waals surface area (Å²) in [7, 11) is 0. The van der Waals surface area contributed by atoms with Gasteiger partial charge in [0.25, 0.3) is 0 Å². The van der Waals surface area contributed by atoms with E-state index in [0.717, 1.165) is 32.0 Å². The monoisotopic (exact) mass is 300 g/mol. The molecule has 22 heavy (non-hydrogen) atoms. The van der Waals surface area contributed by atoms with E-state index in [9.17, 15) is 4.79 Å². The average Bonchev–Trinajstić information content (AvgIpc) is 2.56. The highest BCUT2D eigenvalue weighted by Gasteiger charge is 2.14. The van der Waals surface area contributed by atoms with E-state index in [4.69, 9.17) is 10.8 Å². The number of nitrogen functional groups attached to an aromatic ring is 1. The summed E-state index contributed by atoms with van der Waals surface area (Å²) < 4.78 is 0. The second-order valence-corrected chi connectivity index (χ2v) is 4.94. The Morgan fingerprint density at radius 3 is 2.64 bits per heavy atom. The summed E-state index contributed by atoms with van der Waals surface area (Å²) in [5.41, 5.74) is 6.40. The number of carboxylic acids is 1. The molecular weight excluding hydrogens is 284 g/mol. The maximum Gasteiger partial charge on any atom is 0.358 e. The molecule has 0 atom stereocenters. The second kappa shape index (κ2) is 5.94. The van der Waals surface area contributed by atoms with E-state index in [1.807, 2.05) is 12.1 Å². The zero-order chi connectivity index (χ0) is 15.5. The predicted molar refractivity (Wildman–Crippen MR) is 81.7 cm³/mol. The molecule has 2 aromatic rings. The molecule has 2 aromatic heterocycles. The van der Waals surface area contributed by atoms with Gasteiger partial charge in [-0.25, -0.2) is 19.7 Å². The normalized spacial score (nSPS) is 14.8. The lowest BCUT2D eigenvalue weighted by Crippen LogP contribution is -2.43. The first-order valence-corrected chi connectivity index (χ1v) is 6.93. The first-order chi connectivity index (χ1) is 10.6. The molecule has 0 bridgehead atoms. The van der Waals surface area contributed by atoms with Gasteiger partial charge in [-0.2, -0.15) is 0 Å². The van der Waals surface area contributed by atoms with Crippen LogP contribution in [0.3, 0.4) is 0 Å². The molecule has 114 valence electrons. The van der Waals surface area contributed by atoms with Crippen molar-refractivity contribution in [2.75, 3.05) is 36.8 Å². The van der Waals surface area contributed by atoms with Crippen molar-refractivity contribution in [2.24, 2.45) is 0 Å². The van der Waals surface area contributed by atoms with Crippen molar-refractivity contribution in [1.82, 2.24) is 20.3 Å². The molecule has 1 aliphatic heterocycles. The number of piperazine rings is 1. The number of nitrogens with two attached hydrogens (primary N) is 1. The number of carboxylic acid groups (broad SMARTS) is 1. The number of nitrogens with one attached hydrogen (secondary N) is 1. The van der Waals surface area contributed by atoms with Crippen LogP contribution in [0, 0.1) is 0 Å². The molecule has 4 N–H and O–H groups in total. The Hall–Kier alpha value is -2.74. The lowest BCUT2D eigenvalue weighted by Gasteiger charge is -2.28. The fourth-order valence-corrected chi connectivity index (χ4v) is 2.31. The van der Waals surface area contributed by atoms with E-state index in [1.54, 1.807) is 6.20 Å². The Morgan fingerprint density at radius 1 is 1.23 bits per heavy atom.